The van der Waals surface area contributed by atoms with Crippen molar-refractivity contribution in [3.8, 4) is 5.75 Å². The number of carbonyl (C=O) groups excluding carboxylic acids is 2. The van der Waals surface area contributed by atoms with Crippen LogP contribution in [0.5, 0.6) is 5.75 Å². The molecule has 1 fully saturated rings. The third-order valence-electron chi connectivity index (χ3n) is 3.28. The molecule has 126 valence electrons. The molecule has 0 saturated carbocycles. The lowest BCUT2D eigenvalue weighted by atomic mass is 10.2. The van der Waals surface area contributed by atoms with Crippen LogP contribution in [0, 0.1) is 0 Å². The highest BCUT2D eigenvalue weighted by Gasteiger charge is 2.16. The Morgan fingerprint density at radius 2 is 2.30 bits per heavy atom. The summed E-state index contributed by atoms with van der Waals surface area (Å²) in [5.74, 6) is 2.68. The highest BCUT2D eigenvalue weighted by molar-refractivity contribution is 7.99. The highest BCUT2D eigenvalue weighted by Crippen LogP contribution is 2.17. The van der Waals surface area contributed by atoms with Crippen molar-refractivity contribution < 1.29 is 14.3 Å². The smallest absolute Gasteiger partial charge is 0.221 e. The molecule has 0 aliphatic carbocycles. The minimum Gasteiger partial charge on any atom is -0.492 e. The number of carbonyl (C=O) groups is 2. The Bertz CT molecular complexity index is 533. The van der Waals surface area contributed by atoms with Crippen LogP contribution in [-0.2, 0) is 9.59 Å². The third-order valence-corrected chi connectivity index (χ3v) is 4.41. The lowest BCUT2D eigenvalue weighted by molar-refractivity contribution is -0.121. The molecule has 0 aromatic heterocycles. The van der Waals surface area contributed by atoms with Crippen molar-refractivity contribution in [2.45, 2.75) is 19.4 Å². The van der Waals surface area contributed by atoms with Gasteiger partial charge < -0.3 is 20.7 Å². The summed E-state index contributed by atoms with van der Waals surface area (Å²) in [6.45, 7) is 3.28. The maximum atomic E-state index is 11.8. The van der Waals surface area contributed by atoms with Gasteiger partial charge in [0.25, 0.3) is 0 Å². The van der Waals surface area contributed by atoms with E-state index < -0.39 is 0 Å². The summed E-state index contributed by atoms with van der Waals surface area (Å²) in [6, 6.07) is 7.45. The Morgan fingerprint density at radius 3 is 3.04 bits per heavy atom. The van der Waals surface area contributed by atoms with E-state index in [1.54, 1.807) is 12.1 Å². The molecule has 6 nitrogen and oxygen atoms in total. The first kappa shape index (κ1) is 17.6. The molecule has 1 aliphatic rings. The molecule has 0 bridgehead atoms. The van der Waals surface area contributed by atoms with Crippen molar-refractivity contribution in [1.29, 1.82) is 0 Å². The summed E-state index contributed by atoms with van der Waals surface area (Å²) in [6.07, 6.45) is 0.505. The third kappa shape index (κ3) is 6.92. The molecular weight excluding hydrogens is 314 g/mol. The summed E-state index contributed by atoms with van der Waals surface area (Å²) in [5.41, 5.74) is 0.694. The topological polar surface area (TPSA) is 79.5 Å². The maximum Gasteiger partial charge on any atom is 0.221 e. The van der Waals surface area contributed by atoms with E-state index in [9.17, 15) is 9.59 Å². The van der Waals surface area contributed by atoms with Gasteiger partial charge in [0.2, 0.25) is 11.8 Å². The Hall–Kier alpha value is -1.73. The fourth-order valence-electron chi connectivity index (χ4n) is 2.27. The lowest BCUT2D eigenvalue weighted by Crippen LogP contribution is -2.41. The van der Waals surface area contributed by atoms with Crippen LogP contribution in [0.1, 0.15) is 13.3 Å². The van der Waals surface area contributed by atoms with Gasteiger partial charge in [0.05, 0.1) is 6.54 Å². The number of hydrogen-bond donors (Lipinski definition) is 3. The molecule has 0 radical (unpaired) electrons. The van der Waals surface area contributed by atoms with E-state index in [0.29, 0.717) is 31.0 Å². The number of rotatable bonds is 7. The molecule has 3 N–H and O–H groups in total. The normalized spacial score (nSPS) is 17.3. The first-order valence-corrected chi connectivity index (χ1v) is 8.87. The molecule has 1 saturated heterocycles. The van der Waals surface area contributed by atoms with Gasteiger partial charge in [-0.05, 0) is 12.1 Å². The zero-order valence-electron chi connectivity index (χ0n) is 13.3. The van der Waals surface area contributed by atoms with E-state index >= 15 is 0 Å². The van der Waals surface area contributed by atoms with Gasteiger partial charge >= 0.3 is 0 Å². The second-order valence-corrected chi connectivity index (χ2v) is 6.49. The van der Waals surface area contributed by atoms with Gasteiger partial charge in [0.15, 0.2) is 0 Å². The fraction of sp³-hybridized carbons (Fsp3) is 0.500. The molecule has 1 aromatic carbocycles. The number of ether oxygens (including phenoxy) is 1. The minimum atomic E-state index is -0.121. The van der Waals surface area contributed by atoms with Gasteiger partial charge in [-0.25, -0.2) is 0 Å². The molecule has 2 amide bonds. The number of thioether (sulfide) groups is 1. The van der Waals surface area contributed by atoms with Gasteiger partial charge in [-0.2, -0.15) is 11.8 Å². The van der Waals surface area contributed by atoms with Crippen molar-refractivity contribution >= 4 is 29.3 Å². The average molecular weight is 337 g/mol. The molecule has 7 heteroatoms. The molecule has 1 heterocycles. The summed E-state index contributed by atoms with van der Waals surface area (Å²) < 4.78 is 5.58. The minimum absolute atomic E-state index is 0.0422. The Morgan fingerprint density at radius 1 is 1.43 bits per heavy atom. The first-order chi connectivity index (χ1) is 11.1. The van der Waals surface area contributed by atoms with Crippen molar-refractivity contribution in [2.75, 3.05) is 36.5 Å². The van der Waals surface area contributed by atoms with Crippen molar-refractivity contribution in [3.05, 3.63) is 24.3 Å². The van der Waals surface area contributed by atoms with E-state index in [1.165, 1.54) is 6.92 Å². The summed E-state index contributed by atoms with van der Waals surface area (Å²) >= 11 is 1.88. The van der Waals surface area contributed by atoms with Crippen LogP contribution < -0.4 is 20.7 Å². The summed E-state index contributed by atoms with van der Waals surface area (Å²) in [4.78, 5) is 22.9. The van der Waals surface area contributed by atoms with Crippen molar-refractivity contribution in [2.24, 2.45) is 0 Å². The standard InChI is InChI=1S/C16H23N3O3S/c1-12(20)19-13-3-2-4-15(9-13)22-7-5-18-16(21)10-14-11-23-8-6-17-14/h2-4,9,14,17H,5-8,10-11H2,1H3,(H,18,21)(H,19,20). The molecule has 0 spiro atoms. The van der Waals surface area contributed by atoms with E-state index in [-0.39, 0.29) is 17.9 Å². The average Bonchev–Trinajstić information content (AvgIpc) is 2.52. The largest absolute Gasteiger partial charge is 0.492 e. The lowest BCUT2D eigenvalue weighted by Gasteiger charge is -2.22. The molecule has 1 atom stereocenters. The molecule has 1 unspecified atom stereocenters. The zero-order valence-corrected chi connectivity index (χ0v) is 14.1. The maximum absolute atomic E-state index is 11.8. The molecule has 1 aromatic rings. The summed E-state index contributed by atoms with van der Waals surface area (Å²) in [5, 5.41) is 8.91. The second kappa shape index (κ2) is 9.42. The SMILES string of the molecule is CC(=O)Nc1cccc(OCCNC(=O)CC2CSCCN2)c1. The van der Waals surface area contributed by atoms with Gasteiger partial charge in [0.1, 0.15) is 12.4 Å². The van der Waals surface area contributed by atoms with Crippen LogP contribution in [-0.4, -0.2) is 49.1 Å². The highest BCUT2D eigenvalue weighted by atomic mass is 32.2. The quantitative estimate of drug-likeness (QED) is 0.652. The van der Waals surface area contributed by atoms with Crippen molar-refractivity contribution in [1.82, 2.24) is 10.6 Å². The molecule has 23 heavy (non-hydrogen) atoms. The number of benzene rings is 1. The summed E-state index contributed by atoms with van der Waals surface area (Å²) in [7, 11) is 0. The van der Waals surface area contributed by atoms with E-state index in [2.05, 4.69) is 16.0 Å². The Balaban J connectivity index is 1.64. The van der Waals surface area contributed by atoms with E-state index in [0.717, 1.165) is 18.1 Å². The van der Waals surface area contributed by atoms with Crippen LogP contribution in [0.2, 0.25) is 0 Å². The Kier molecular flexibility index (Phi) is 7.22. The van der Waals surface area contributed by atoms with E-state index in [4.69, 9.17) is 4.74 Å². The Labute approximate surface area is 140 Å². The van der Waals surface area contributed by atoms with Crippen molar-refractivity contribution in [3.63, 3.8) is 0 Å². The van der Waals surface area contributed by atoms with Gasteiger partial charge in [0, 0.05) is 49.2 Å². The molecular formula is C16H23N3O3S. The predicted molar refractivity (Wildman–Crippen MR) is 93.0 cm³/mol. The van der Waals surface area contributed by atoms with Crippen LogP contribution in [0.4, 0.5) is 5.69 Å². The first-order valence-electron chi connectivity index (χ1n) is 7.72. The van der Waals surface area contributed by atoms with Crippen LogP contribution in [0.3, 0.4) is 0 Å². The monoisotopic (exact) mass is 337 g/mol. The fourth-order valence-corrected chi connectivity index (χ4v) is 3.22. The number of anilines is 1. The van der Waals surface area contributed by atoms with Gasteiger partial charge in [-0.1, -0.05) is 6.07 Å². The van der Waals surface area contributed by atoms with Crippen LogP contribution >= 0.6 is 11.8 Å². The molecule has 1 aliphatic heterocycles. The van der Waals surface area contributed by atoms with E-state index in [1.807, 2.05) is 23.9 Å². The second-order valence-electron chi connectivity index (χ2n) is 5.34. The number of hydrogen-bond acceptors (Lipinski definition) is 5. The van der Waals surface area contributed by atoms with Crippen LogP contribution in [0.25, 0.3) is 0 Å². The van der Waals surface area contributed by atoms with Crippen LogP contribution in [0.15, 0.2) is 24.3 Å². The predicted octanol–water partition coefficient (Wildman–Crippen LogP) is 1.24. The molecule has 2 rings (SSSR count). The number of nitrogens with one attached hydrogen (secondary N) is 3. The van der Waals surface area contributed by atoms with Gasteiger partial charge in [-0.3, -0.25) is 9.59 Å². The van der Waals surface area contributed by atoms with Gasteiger partial charge in [-0.15, -0.1) is 0 Å². The zero-order chi connectivity index (χ0) is 16.5. The number of amides is 2.